The Bertz CT molecular complexity index is 528. The first-order chi connectivity index (χ1) is 6.91. The van der Waals surface area contributed by atoms with E-state index in [0.29, 0.717) is 11.3 Å². The van der Waals surface area contributed by atoms with E-state index in [0.717, 1.165) is 16.1 Å². The zero-order valence-corrected chi connectivity index (χ0v) is 7.76. The molecule has 8 heteroatoms. The SMILES string of the molecule is O=C(O)c1ncn2c(C(F)(F)F)csc12. The molecule has 2 heterocycles. The minimum atomic E-state index is -4.51. The summed E-state index contributed by atoms with van der Waals surface area (Å²) in [6.45, 7) is 0. The Hall–Kier alpha value is -1.57. The fourth-order valence-corrected chi connectivity index (χ4v) is 2.12. The molecule has 0 aliphatic rings. The number of halogens is 3. The van der Waals surface area contributed by atoms with Gasteiger partial charge >= 0.3 is 12.1 Å². The predicted molar refractivity (Wildman–Crippen MR) is 45.0 cm³/mol. The lowest BCUT2D eigenvalue weighted by Gasteiger charge is -2.02. The van der Waals surface area contributed by atoms with Crippen LogP contribution in [0.3, 0.4) is 0 Å². The van der Waals surface area contributed by atoms with E-state index in [1.54, 1.807) is 0 Å². The maximum Gasteiger partial charge on any atom is 0.432 e. The Morgan fingerprint density at radius 2 is 2.20 bits per heavy atom. The molecule has 0 fully saturated rings. The summed E-state index contributed by atoms with van der Waals surface area (Å²) in [5.74, 6) is -1.34. The van der Waals surface area contributed by atoms with Crippen molar-refractivity contribution in [1.82, 2.24) is 9.38 Å². The third-order valence-electron chi connectivity index (χ3n) is 1.76. The number of fused-ring (bicyclic) bond motifs is 1. The van der Waals surface area contributed by atoms with Gasteiger partial charge in [0.15, 0.2) is 5.69 Å². The zero-order valence-electron chi connectivity index (χ0n) is 6.95. The van der Waals surface area contributed by atoms with E-state index in [-0.39, 0.29) is 10.5 Å². The average Bonchev–Trinajstić information content (AvgIpc) is 2.56. The van der Waals surface area contributed by atoms with Gasteiger partial charge in [-0.1, -0.05) is 0 Å². The lowest BCUT2D eigenvalue weighted by atomic mass is 10.4. The molecule has 1 N–H and O–H groups in total. The molecule has 0 atom stereocenters. The maximum absolute atomic E-state index is 12.4. The highest BCUT2D eigenvalue weighted by Crippen LogP contribution is 2.33. The number of carboxylic acid groups (broad SMARTS) is 1. The van der Waals surface area contributed by atoms with Crippen LogP contribution in [0.4, 0.5) is 13.2 Å². The van der Waals surface area contributed by atoms with Crippen molar-refractivity contribution in [3.05, 3.63) is 23.1 Å². The van der Waals surface area contributed by atoms with Crippen LogP contribution >= 0.6 is 11.3 Å². The molecular weight excluding hydrogens is 233 g/mol. The summed E-state index contributed by atoms with van der Waals surface area (Å²) in [5, 5.41) is 9.50. The number of rotatable bonds is 1. The number of aromatic nitrogens is 2. The molecule has 0 radical (unpaired) electrons. The van der Waals surface area contributed by atoms with E-state index < -0.39 is 17.8 Å². The molecule has 2 rings (SSSR count). The summed E-state index contributed by atoms with van der Waals surface area (Å²) in [5.41, 5.74) is -1.28. The van der Waals surface area contributed by atoms with Gasteiger partial charge in [0.2, 0.25) is 0 Å². The molecule has 0 saturated carbocycles. The van der Waals surface area contributed by atoms with Crippen molar-refractivity contribution in [1.29, 1.82) is 0 Å². The van der Waals surface area contributed by atoms with Gasteiger partial charge < -0.3 is 5.11 Å². The van der Waals surface area contributed by atoms with Crippen LogP contribution in [0.25, 0.3) is 4.83 Å². The predicted octanol–water partition coefficient (Wildman–Crippen LogP) is 2.11. The Labute approximate surface area is 84.6 Å². The van der Waals surface area contributed by atoms with Crippen LogP contribution < -0.4 is 0 Å². The van der Waals surface area contributed by atoms with Crippen LogP contribution in [0.15, 0.2) is 11.7 Å². The van der Waals surface area contributed by atoms with Crippen LogP contribution in [-0.2, 0) is 6.18 Å². The second-order valence-electron chi connectivity index (χ2n) is 2.69. The topological polar surface area (TPSA) is 54.6 Å². The Kier molecular flexibility index (Phi) is 1.97. The number of carbonyl (C=O) groups is 1. The van der Waals surface area contributed by atoms with E-state index in [1.807, 2.05) is 0 Å². The lowest BCUT2D eigenvalue weighted by molar-refractivity contribution is -0.141. The quantitative estimate of drug-likeness (QED) is 0.825. The minimum Gasteiger partial charge on any atom is -0.476 e. The van der Waals surface area contributed by atoms with Gasteiger partial charge in [0.1, 0.15) is 16.9 Å². The highest BCUT2D eigenvalue weighted by Gasteiger charge is 2.35. The molecule has 2 aromatic rings. The molecule has 0 saturated heterocycles. The minimum absolute atomic E-state index is 0.0187. The zero-order chi connectivity index (χ0) is 11.2. The van der Waals surface area contributed by atoms with Gasteiger partial charge in [-0.3, -0.25) is 4.40 Å². The average molecular weight is 236 g/mol. The summed E-state index contributed by atoms with van der Waals surface area (Å²) in [7, 11) is 0. The molecule has 0 bridgehead atoms. The maximum atomic E-state index is 12.4. The van der Waals surface area contributed by atoms with Gasteiger partial charge in [-0.2, -0.15) is 13.2 Å². The third kappa shape index (κ3) is 1.46. The van der Waals surface area contributed by atoms with E-state index >= 15 is 0 Å². The Morgan fingerprint density at radius 1 is 1.53 bits per heavy atom. The summed E-state index contributed by atoms with van der Waals surface area (Å²) in [4.78, 5) is 14.0. The van der Waals surface area contributed by atoms with Crippen LogP contribution in [0.1, 0.15) is 16.2 Å². The van der Waals surface area contributed by atoms with Crippen molar-refractivity contribution in [2.24, 2.45) is 0 Å². The summed E-state index contributed by atoms with van der Waals surface area (Å²) in [6.07, 6.45) is -3.65. The summed E-state index contributed by atoms with van der Waals surface area (Å²) in [6, 6.07) is 0. The van der Waals surface area contributed by atoms with Gasteiger partial charge in [-0.25, -0.2) is 9.78 Å². The number of thiazole rings is 1. The molecule has 15 heavy (non-hydrogen) atoms. The smallest absolute Gasteiger partial charge is 0.432 e. The fourth-order valence-electron chi connectivity index (χ4n) is 1.14. The van der Waals surface area contributed by atoms with E-state index in [1.165, 1.54) is 0 Å². The van der Waals surface area contributed by atoms with E-state index in [2.05, 4.69) is 4.98 Å². The van der Waals surface area contributed by atoms with Crippen molar-refractivity contribution in [3.8, 4) is 0 Å². The van der Waals surface area contributed by atoms with E-state index in [4.69, 9.17) is 5.11 Å². The molecule has 0 aliphatic heterocycles. The second kappa shape index (κ2) is 2.96. The number of hydrogen-bond donors (Lipinski definition) is 1. The normalized spacial score (nSPS) is 12.2. The van der Waals surface area contributed by atoms with Crippen LogP contribution in [0.5, 0.6) is 0 Å². The first-order valence-corrected chi connectivity index (χ1v) is 4.54. The number of alkyl halides is 3. The molecular formula is C7H3F3N2O2S. The van der Waals surface area contributed by atoms with E-state index in [9.17, 15) is 18.0 Å². The molecule has 0 aliphatic carbocycles. The first-order valence-electron chi connectivity index (χ1n) is 3.66. The molecule has 0 spiro atoms. The number of aromatic carboxylic acids is 1. The van der Waals surface area contributed by atoms with Crippen molar-refractivity contribution in [2.75, 3.05) is 0 Å². The monoisotopic (exact) mass is 236 g/mol. The molecule has 2 aromatic heterocycles. The first kappa shape index (κ1) is 9.97. The van der Waals surface area contributed by atoms with Gasteiger partial charge in [0.05, 0.1) is 0 Å². The molecule has 0 amide bonds. The van der Waals surface area contributed by atoms with Gasteiger partial charge in [-0.05, 0) is 0 Å². The standard InChI is InChI=1S/C7H3F3N2O2S/c8-7(9,10)3-1-15-5-4(6(13)14)11-2-12(3)5/h1-2H,(H,13,14). The van der Waals surface area contributed by atoms with Crippen molar-refractivity contribution in [3.63, 3.8) is 0 Å². The largest absolute Gasteiger partial charge is 0.476 e. The van der Waals surface area contributed by atoms with Gasteiger partial charge in [0.25, 0.3) is 0 Å². The molecule has 80 valence electrons. The number of imidazole rings is 1. The molecule has 0 aromatic carbocycles. The number of nitrogens with zero attached hydrogens (tertiary/aromatic N) is 2. The third-order valence-corrected chi connectivity index (χ3v) is 2.71. The van der Waals surface area contributed by atoms with Crippen LogP contribution in [-0.4, -0.2) is 20.5 Å². The highest BCUT2D eigenvalue weighted by atomic mass is 32.1. The fraction of sp³-hybridized carbons (Fsp3) is 0.143. The van der Waals surface area contributed by atoms with Gasteiger partial charge in [0, 0.05) is 5.38 Å². The number of hydrogen-bond acceptors (Lipinski definition) is 3. The van der Waals surface area contributed by atoms with Crippen molar-refractivity contribution < 1.29 is 23.1 Å². The molecule has 0 unspecified atom stereocenters. The summed E-state index contributed by atoms with van der Waals surface area (Å²) >= 11 is 0.702. The van der Waals surface area contributed by atoms with Crippen LogP contribution in [0.2, 0.25) is 0 Å². The lowest BCUT2D eigenvalue weighted by Crippen LogP contribution is -2.07. The van der Waals surface area contributed by atoms with Crippen LogP contribution in [0, 0.1) is 0 Å². The summed E-state index contributed by atoms with van der Waals surface area (Å²) < 4.78 is 37.8. The Morgan fingerprint density at radius 3 is 2.73 bits per heavy atom. The second-order valence-corrected chi connectivity index (χ2v) is 3.55. The molecule has 4 nitrogen and oxygen atoms in total. The Balaban J connectivity index is 2.69. The highest BCUT2D eigenvalue weighted by molar-refractivity contribution is 7.16. The number of carboxylic acids is 1. The van der Waals surface area contributed by atoms with Gasteiger partial charge in [-0.15, -0.1) is 11.3 Å². The van der Waals surface area contributed by atoms with Crippen molar-refractivity contribution >= 4 is 22.1 Å². The van der Waals surface area contributed by atoms with Crippen molar-refractivity contribution in [2.45, 2.75) is 6.18 Å².